The standard InChI is InChI=1S/C17H20FNO2/c1-17(2)9-5-10-19(17)16(21)15-12-14(18)8-7-13(15)6-3-4-11-20/h7-8,12,20H,4-5,9-11H2,1-2H3. The lowest BCUT2D eigenvalue weighted by Crippen LogP contribution is -2.42. The fourth-order valence-corrected chi connectivity index (χ4v) is 2.65. The molecular weight excluding hydrogens is 269 g/mol. The molecule has 4 heteroatoms. The maximum atomic E-state index is 13.5. The first-order valence-corrected chi connectivity index (χ1v) is 7.17. The Bertz CT molecular complexity index is 599. The summed E-state index contributed by atoms with van der Waals surface area (Å²) in [6, 6.07) is 4.07. The fourth-order valence-electron chi connectivity index (χ4n) is 2.65. The van der Waals surface area contributed by atoms with Gasteiger partial charge in [0.15, 0.2) is 0 Å². The van der Waals surface area contributed by atoms with Gasteiger partial charge in [-0.1, -0.05) is 11.8 Å². The van der Waals surface area contributed by atoms with Crippen LogP contribution in [0.1, 0.15) is 49.0 Å². The van der Waals surface area contributed by atoms with Gasteiger partial charge in [0.1, 0.15) is 5.82 Å². The van der Waals surface area contributed by atoms with Gasteiger partial charge in [-0.2, -0.15) is 0 Å². The van der Waals surface area contributed by atoms with Crippen LogP contribution in [0.4, 0.5) is 4.39 Å². The molecule has 0 saturated carbocycles. The van der Waals surface area contributed by atoms with E-state index >= 15 is 0 Å². The zero-order chi connectivity index (χ0) is 15.5. The molecule has 1 fully saturated rings. The van der Waals surface area contributed by atoms with Crippen molar-refractivity contribution in [1.82, 2.24) is 4.90 Å². The van der Waals surface area contributed by atoms with Gasteiger partial charge in [-0.15, -0.1) is 0 Å². The average Bonchev–Trinajstić information content (AvgIpc) is 2.79. The molecule has 1 aliphatic rings. The van der Waals surface area contributed by atoms with E-state index in [0.717, 1.165) is 12.8 Å². The summed E-state index contributed by atoms with van der Waals surface area (Å²) < 4.78 is 13.5. The van der Waals surface area contributed by atoms with Crippen molar-refractivity contribution in [3.63, 3.8) is 0 Å². The summed E-state index contributed by atoms with van der Waals surface area (Å²) in [4.78, 5) is 14.5. The molecule has 1 aliphatic heterocycles. The summed E-state index contributed by atoms with van der Waals surface area (Å²) in [5.41, 5.74) is 0.604. The summed E-state index contributed by atoms with van der Waals surface area (Å²) in [6.45, 7) is 4.70. The summed E-state index contributed by atoms with van der Waals surface area (Å²) in [5.74, 6) is 5.02. The van der Waals surface area contributed by atoms with Crippen molar-refractivity contribution in [2.45, 2.75) is 38.6 Å². The molecule has 1 N–H and O–H groups in total. The molecule has 112 valence electrons. The van der Waals surface area contributed by atoms with Crippen molar-refractivity contribution in [1.29, 1.82) is 0 Å². The van der Waals surface area contributed by atoms with Gasteiger partial charge in [-0.3, -0.25) is 4.79 Å². The molecule has 0 aromatic heterocycles. The van der Waals surface area contributed by atoms with Gasteiger partial charge in [0.2, 0.25) is 0 Å². The lowest BCUT2D eigenvalue weighted by molar-refractivity contribution is 0.0651. The monoisotopic (exact) mass is 289 g/mol. The van der Waals surface area contributed by atoms with E-state index < -0.39 is 5.82 Å². The Hall–Kier alpha value is -1.86. The van der Waals surface area contributed by atoms with Gasteiger partial charge >= 0.3 is 0 Å². The van der Waals surface area contributed by atoms with Crippen LogP contribution in [0.2, 0.25) is 0 Å². The van der Waals surface area contributed by atoms with Crippen molar-refractivity contribution >= 4 is 5.91 Å². The average molecular weight is 289 g/mol. The van der Waals surface area contributed by atoms with Crippen LogP contribution in [0, 0.1) is 17.7 Å². The van der Waals surface area contributed by atoms with Crippen molar-refractivity contribution in [3.8, 4) is 11.8 Å². The highest BCUT2D eigenvalue weighted by molar-refractivity contribution is 5.97. The molecule has 2 rings (SSSR count). The third-order valence-corrected chi connectivity index (χ3v) is 3.82. The van der Waals surface area contributed by atoms with E-state index in [-0.39, 0.29) is 18.1 Å². The largest absolute Gasteiger partial charge is 0.395 e. The molecule has 1 aromatic carbocycles. The third-order valence-electron chi connectivity index (χ3n) is 3.82. The van der Waals surface area contributed by atoms with Crippen LogP contribution in [0.5, 0.6) is 0 Å². The molecule has 0 spiro atoms. The highest BCUT2D eigenvalue weighted by atomic mass is 19.1. The lowest BCUT2D eigenvalue weighted by Gasteiger charge is -2.32. The Kier molecular flexibility index (Phi) is 4.64. The number of aliphatic hydroxyl groups excluding tert-OH is 1. The Morgan fingerprint density at radius 3 is 2.86 bits per heavy atom. The molecule has 1 amide bonds. The minimum atomic E-state index is -0.442. The first kappa shape index (κ1) is 15.5. The van der Waals surface area contributed by atoms with Crippen molar-refractivity contribution in [2.24, 2.45) is 0 Å². The van der Waals surface area contributed by atoms with E-state index in [2.05, 4.69) is 11.8 Å². The Morgan fingerprint density at radius 2 is 2.24 bits per heavy atom. The third kappa shape index (κ3) is 3.43. The second-order valence-electron chi connectivity index (χ2n) is 5.84. The van der Waals surface area contributed by atoms with Crippen LogP contribution in [-0.4, -0.2) is 34.6 Å². The highest BCUT2D eigenvalue weighted by Gasteiger charge is 2.36. The molecule has 0 radical (unpaired) electrons. The molecule has 0 bridgehead atoms. The second kappa shape index (κ2) is 6.28. The summed E-state index contributed by atoms with van der Waals surface area (Å²) in [6.07, 6.45) is 2.24. The molecule has 0 atom stereocenters. The van der Waals surface area contributed by atoms with Gasteiger partial charge in [0.05, 0.1) is 12.2 Å². The minimum absolute atomic E-state index is 0.0311. The first-order chi connectivity index (χ1) is 9.95. The smallest absolute Gasteiger partial charge is 0.255 e. The van der Waals surface area contributed by atoms with Crippen LogP contribution in [-0.2, 0) is 0 Å². The number of hydrogen-bond acceptors (Lipinski definition) is 2. The molecule has 1 aromatic rings. The topological polar surface area (TPSA) is 40.5 Å². The first-order valence-electron chi connectivity index (χ1n) is 7.17. The van der Waals surface area contributed by atoms with Crippen molar-refractivity contribution < 1.29 is 14.3 Å². The number of carbonyl (C=O) groups excluding carboxylic acids is 1. The normalized spacial score (nSPS) is 16.5. The number of rotatable bonds is 2. The number of benzene rings is 1. The number of likely N-dealkylation sites (tertiary alicyclic amines) is 1. The Balaban J connectivity index is 2.36. The Labute approximate surface area is 124 Å². The predicted octanol–water partition coefficient (Wildman–Crippen LogP) is 2.57. The Morgan fingerprint density at radius 1 is 1.48 bits per heavy atom. The minimum Gasteiger partial charge on any atom is -0.395 e. The van der Waals surface area contributed by atoms with Crippen LogP contribution >= 0.6 is 0 Å². The van der Waals surface area contributed by atoms with Gasteiger partial charge in [-0.05, 0) is 44.9 Å². The van der Waals surface area contributed by atoms with Gasteiger partial charge in [0.25, 0.3) is 5.91 Å². The van der Waals surface area contributed by atoms with Gasteiger partial charge in [-0.25, -0.2) is 4.39 Å². The van der Waals surface area contributed by atoms with E-state index in [1.54, 1.807) is 4.90 Å². The number of amides is 1. The zero-order valence-corrected chi connectivity index (χ0v) is 12.4. The summed E-state index contributed by atoms with van der Waals surface area (Å²) in [5, 5.41) is 8.77. The van der Waals surface area contributed by atoms with E-state index in [9.17, 15) is 9.18 Å². The van der Waals surface area contributed by atoms with Gasteiger partial charge < -0.3 is 10.0 Å². The maximum Gasteiger partial charge on any atom is 0.255 e. The van der Waals surface area contributed by atoms with Crippen molar-refractivity contribution in [2.75, 3.05) is 13.2 Å². The molecule has 0 aliphatic carbocycles. The lowest BCUT2D eigenvalue weighted by atomic mass is 10.00. The second-order valence-corrected chi connectivity index (χ2v) is 5.84. The number of carbonyl (C=O) groups is 1. The SMILES string of the molecule is CC1(C)CCCN1C(=O)c1cc(F)ccc1C#CCCO. The highest BCUT2D eigenvalue weighted by Crippen LogP contribution is 2.30. The van der Waals surface area contributed by atoms with Crippen LogP contribution < -0.4 is 0 Å². The summed E-state index contributed by atoms with van der Waals surface area (Å²) in [7, 11) is 0. The van der Waals surface area contributed by atoms with E-state index in [1.165, 1.54) is 18.2 Å². The molecule has 3 nitrogen and oxygen atoms in total. The van der Waals surface area contributed by atoms with Crippen LogP contribution in [0.15, 0.2) is 18.2 Å². The number of nitrogens with zero attached hydrogens (tertiary/aromatic N) is 1. The van der Waals surface area contributed by atoms with Gasteiger partial charge in [0, 0.05) is 24.1 Å². The number of halogens is 1. The zero-order valence-electron chi connectivity index (χ0n) is 12.4. The number of hydrogen-bond donors (Lipinski definition) is 1. The van der Waals surface area contributed by atoms with E-state index in [1.807, 2.05) is 13.8 Å². The summed E-state index contributed by atoms with van der Waals surface area (Å²) >= 11 is 0. The van der Waals surface area contributed by atoms with Crippen LogP contribution in [0.25, 0.3) is 0 Å². The molecule has 1 heterocycles. The van der Waals surface area contributed by atoms with E-state index in [4.69, 9.17) is 5.11 Å². The van der Waals surface area contributed by atoms with Crippen LogP contribution in [0.3, 0.4) is 0 Å². The quantitative estimate of drug-likeness (QED) is 0.850. The van der Waals surface area contributed by atoms with E-state index in [0.29, 0.717) is 24.1 Å². The molecular formula is C17H20FNO2. The predicted molar refractivity (Wildman–Crippen MR) is 79.3 cm³/mol. The maximum absolute atomic E-state index is 13.5. The van der Waals surface area contributed by atoms with Crippen molar-refractivity contribution in [3.05, 3.63) is 35.1 Å². The molecule has 21 heavy (non-hydrogen) atoms. The number of aliphatic hydroxyl groups is 1. The fraction of sp³-hybridized carbons (Fsp3) is 0.471. The molecule has 1 saturated heterocycles. The molecule has 0 unspecified atom stereocenters.